The first-order valence-corrected chi connectivity index (χ1v) is 11.8. The third-order valence-corrected chi connectivity index (χ3v) is 6.98. The van der Waals surface area contributed by atoms with Crippen molar-refractivity contribution >= 4 is 15.9 Å². The molecule has 1 amide bonds. The number of amides is 1. The second kappa shape index (κ2) is 10.8. The van der Waals surface area contributed by atoms with Crippen LogP contribution in [0.3, 0.4) is 0 Å². The lowest BCUT2D eigenvalue weighted by Crippen LogP contribution is -2.47. The fourth-order valence-electron chi connectivity index (χ4n) is 3.49. The van der Waals surface area contributed by atoms with Gasteiger partial charge in [-0.15, -0.1) is 0 Å². The predicted octanol–water partition coefficient (Wildman–Crippen LogP) is 3.57. The first-order valence-electron chi connectivity index (χ1n) is 10.4. The molecular formula is C21H34N2O4S. The molecule has 0 spiro atoms. The Hall–Kier alpha value is -1.60. The maximum atomic E-state index is 13.3. The Balaban J connectivity index is 2.17. The van der Waals surface area contributed by atoms with Crippen molar-refractivity contribution in [2.45, 2.75) is 70.2 Å². The summed E-state index contributed by atoms with van der Waals surface area (Å²) in [6.07, 6.45) is 5.59. The van der Waals surface area contributed by atoms with Crippen LogP contribution in [0.4, 0.5) is 0 Å². The fraction of sp³-hybridized carbons (Fsp3) is 0.667. The average Bonchev–Trinajstić information content (AvgIpc) is 2.67. The summed E-state index contributed by atoms with van der Waals surface area (Å²) in [5.74, 6) is 0.889. The van der Waals surface area contributed by atoms with Crippen molar-refractivity contribution in [3.05, 3.63) is 24.3 Å². The van der Waals surface area contributed by atoms with Gasteiger partial charge in [0.1, 0.15) is 5.75 Å². The summed E-state index contributed by atoms with van der Waals surface area (Å²) >= 11 is 0. The molecule has 1 aliphatic carbocycles. The molecule has 0 aliphatic heterocycles. The Morgan fingerprint density at radius 2 is 1.82 bits per heavy atom. The fourth-order valence-corrected chi connectivity index (χ4v) is 5.13. The molecule has 1 N–H and O–H groups in total. The zero-order valence-electron chi connectivity index (χ0n) is 17.3. The van der Waals surface area contributed by atoms with Gasteiger partial charge in [0.05, 0.1) is 18.0 Å². The molecule has 1 aromatic carbocycles. The molecule has 0 aromatic heterocycles. The molecule has 1 fully saturated rings. The lowest BCUT2D eigenvalue weighted by Gasteiger charge is -2.33. The molecule has 2 rings (SSSR count). The maximum Gasteiger partial charge on any atom is 0.243 e. The van der Waals surface area contributed by atoms with Crippen molar-refractivity contribution in [3.8, 4) is 5.75 Å². The number of sulfonamides is 1. The Bertz CT molecular complexity index is 710. The van der Waals surface area contributed by atoms with E-state index in [-0.39, 0.29) is 23.4 Å². The van der Waals surface area contributed by atoms with Crippen molar-refractivity contribution in [3.63, 3.8) is 0 Å². The van der Waals surface area contributed by atoms with Crippen molar-refractivity contribution in [1.29, 1.82) is 0 Å². The van der Waals surface area contributed by atoms with Crippen LogP contribution >= 0.6 is 0 Å². The second-order valence-corrected chi connectivity index (χ2v) is 9.67. The molecule has 6 nitrogen and oxygen atoms in total. The number of hydrogen-bond acceptors (Lipinski definition) is 4. The quantitative estimate of drug-likeness (QED) is 0.640. The van der Waals surface area contributed by atoms with E-state index in [0.717, 1.165) is 38.5 Å². The third kappa shape index (κ3) is 6.48. The Kier molecular flexibility index (Phi) is 8.76. The van der Waals surface area contributed by atoms with Crippen molar-refractivity contribution in [2.24, 2.45) is 5.92 Å². The number of carbonyl (C=O) groups is 1. The van der Waals surface area contributed by atoms with Crippen molar-refractivity contribution in [1.82, 2.24) is 9.62 Å². The number of carbonyl (C=O) groups excluding carboxylic acids is 1. The lowest BCUT2D eigenvalue weighted by atomic mass is 9.95. The number of rotatable bonds is 10. The van der Waals surface area contributed by atoms with Crippen LogP contribution in [0.1, 0.15) is 59.3 Å². The predicted molar refractivity (Wildman–Crippen MR) is 111 cm³/mol. The highest BCUT2D eigenvalue weighted by Gasteiger charge is 2.33. The highest BCUT2D eigenvalue weighted by molar-refractivity contribution is 7.89. The Labute approximate surface area is 169 Å². The monoisotopic (exact) mass is 410 g/mol. The molecule has 158 valence electrons. The standard InChI is InChI=1S/C21H34N2O4S/c1-4-27-19-10-12-20(13-11-19)28(25,26)23(18-8-6-5-7-9-18)16-21(24)22-15-14-17(2)3/h10-13,17-18H,4-9,14-16H2,1-3H3,(H,22,24). The van der Waals surface area contributed by atoms with Gasteiger partial charge in [0.15, 0.2) is 0 Å². The molecule has 0 radical (unpaired) electrons. The van der Waals surface area contributed by atoms with Crippen LogP contribution in [0.2, 0.25) is 0 Å². The summed E-state index contributed by atoms with van der Waals surface area (Å²) < 4.78 is 33.5. The largest absolute Gasteiger partial charge is 0.494 e. The molecule has 7 heteroatoms. The van der Waals surface area contributed by atoms with Gasteiger partial charge in [-0.25, -0.2) is 8.42 Å². The smallest absolute Gasteiger partial charge is 0.243 e. The molecule has 0 heterocycles. The lowest BCUT2D eigenvalue weighted by molar-refractivity contribution is -0.121. The van der Waals surface area contributed by atoms with Crippen LogP contribution in [0.25, 0.3) is 0 Å². The van der Waals surface area contributed by atoms with E-state index in [1.165, 1.54) is 4.31 Å². The molecule has 0 bridgehead atoms. The molecule has 1 aliphatic rings. The Morgan fingerprint density at radius 1 is 1.18 bits per heavy atom. The van der Waals surface area contributed by atoms with Gasteiger partial charge >= 0.3 is 0 Å². The normalized spacial score (nSPS) is 15.8. The van der Waals surface area contributed by atoms with Gasteiger partial charge in [-0.05, 0) is 56.4 Å². The first-order chi connectivity index (χ1) is 13.3. The minimum atomic E-state index is -3.75. The molecule has 0 unspecified atom stereocenters. The zero-order chi connectivity index (χ0) is 20.6. The van der Waals surface area contributed by atoms with Crippen LogP contribution < -0.4 is 10.1 Å². The molecule has 28 heavy (non-hydrogen) atoms. The summed E-state index contributed by atoms with van der Waals surface area (Å²) in [4.78, 5) is 12.7. The number of nitrogens with zero attached hydrogens (tertiary/aromatic N) is 1. The van der Waals surface area contributed by atoms with E-state index >= 15 is 0 Å². The van der Waals surface area contributed by atoms with Gasteiger partial charge < -0.3 is 10.1 Å². The summed E-state index contributed by atoms with van der Waals surface area (Å²) in [7, 11) is -3.75. The number of ether oxygens (including phenoxy) is 1. The summed E-state index contributed by atoms with van der Waals surface area (Å²) in [5, 5.41) is 2.87. The van der Waals surface area contributed by atoms with Gasteiger partial charge in [-0.3, -0.25) is 4.79 Å². The number of hydrogen-bond donors (Lipinski definition) is 1. The minimum absolute atomic E-state index is 0.124. The highest BCUT2D eigenvalue weighted by Crippen LogP contribution is 2.28. The molecule has 0 atom stereocenters. The van der Waals surface area contributed by atoms with Gasteiger partial charge in [-0.2, -0.15) is 4.31 Å². The van der Waals surface area contributed by atoms with Crippen LogP contribution in [0.5, 0.6) is 5.75 Å². The van der Waals surface area contributed by atoms with E-state index in [0.29, 0.717) is 24.8 Å². The van der Waals surface area contributed by atoms with Crippen molar-refractivity contribution < 1.29 is 17.9 Å². The molecule has 1 saturated carbocycles. The van der Waals surface area contributed by atoms with Crippen LogP contribution in [0, 0.1) is 5.92 Å². The minimum Gasteiger partial charge on any atom is -0.494 e. The van der Waals surface area contributed by atoms with Gasteiger partial charge in [-0.1, -0.05) is 33.1 Å². The molecular weight excluding hydrogens is 376 g/mol. The SMILES string of the molecule is CCOc1ccc(S(=O)(=O)N(CC(=O)NCCC(C)C)C2CCCCC2)cc1. The topological polar surface area (TPSA) is 75.7 Å². The molecule has 0 saturated heterocycles. The summed E-state index contributed by atoms with van der Waals surface area (Å²) in [6, 6.07) is 6.33. The summed E-state index contributed by atoms with van der Waals surface area (Å²) in [6.45, 7) is 7.04. The second-order valence-electron chi connectivity index (χ2n) is 7.78. The van der Waals surface area contributed by atoms with Gasteiger partial charge in [0.25, 0.3) is 0 Å². The van der Waals surface area contributed by atoms with Crippen LogP contribution in [-0.2, 0) is 14.8 Å². The van der Waals surface area contributed by atoms with E-state index in [4.69, 9.17) is 4.74 Å². The zero-order valence-corrected chi connectivity index (χ0v) is 18.1. The first kappa shape index (κ1) is 22.7. The number of nitrogens with one attached hydrogen (secondary N) is 1. The average molecular weight is 411 g/mol. The third-order valence-electron chi connectivity index (χ3n) is 5.07. The van der Waals surface area contributed by atoms with E-state index in [1.807, 2.05) is 6.92 Å². The van der Waals surface area contributed by atoms with E-state index in [1.54, 1.807) is 24.3 Å². The van der Waals surface area contributed by atoms with E-state index in [9.17, 15) is 13.2 Å². The highest BCUT2D eigenvalue weighted by atomic mass is 32.2. The van der Waals surface area contributed by atoms with E-state index in [2.05, 4.69) is 19.2 Å². The maximum absolute atomic E-state index is 13.3. The van der Waals surface area contributed by atoms with Crippen LogP contribution in [0.15, 0.2) is 29.2 Å². The number of benzene rings is 1. The van der Waals surface area contributed by atoms with Gasteiger partial charge in [0, 0.05) is 12.6 Å². The van der Waals surface area contributed by atoms with Crippen LogP contribution in [-0.4, -0.2) is 44.4 Å². The van der Waals surface area contributed by atoms with Crippen molar-refractivity contribution in [2.75, 3.05) is 19.7 Å². The van der Waals surface area contributed by atoms with E-state index < -0.39 is 10.0 Å². The molecule has 1 aromatic rings. The Morgan fingerprint density at radius 3 is 2.39 bits per heavy atom. The van der Waals surface area contributed by atoms with Gasteiger partial charge in [0.2, 0.25) is 15.9 Å². The summed E-state index contributed by atoms with van der Waals surface area (Å²) in [5.41, 5.74) is 0.